The van der Waals surface area contributed by atoms with Gasteiger partial charge in [0.05, 0.1) is 6.10 Å². The summed E-state index contributed by atoms with van der Waals surface area (Å²) in [6.07, 6.45) is 1.10. The highest BCUT2D eigenvalue weighted by Gasteiger charge is 2.43. The molecule has 110 valence electrons. The number of hydrogen-bond acceptors (Lipinski definition) is 2. The van der Waals surface area contributed by atoms with E-state index in [0.717, 1.165) is 22.9 Å². The summed E-state index contributed by atoms with van der Waals surface area (Å²) in [6, 6.07) is 14.5. The van der Waals surface area contributed by atoms with Gasteiger partial charge >= 0.3 is 0 Å². The Morgan fingerprint density at radius 3 is 2.33 bits per heavy atom. The second-order valence-electron chi connectivity index (χ2n) is 6.12. The minimum atomic E-state index is -0.565. The van der Waals surface area contributed by atoms with Crippen LogP contribution in [0, 0.1) is 12.3 Å². The van der Waals surface area contributed by atoms with Crippen LogP contribution in [0.25, 0.3) is 0 Å². The van der Waals surface area contributed by atoms with Crippen molar-refractivity contribution in [2.24, 2.45) is 11.1 Å². The number of aliphatic hydroxyl groups is 1. The number of halogens is 1. The van der Waals surface area contributed by atoms with Crippen molar-refractivity contribution >= 4 is 15.9 Å². The van der Waals surface area contributed by atoms with Gasteiger partial charge in [0.2, 0.25) is 0 Å². The molecule has 0 aromatic heterocycles. The second kappa shape index (κ2) is 5.56. The molecular weight excluding hydrogens is 326 g/mol. The molecule has 0 bridgehead atoms. The molecule has 0 saturated carbocycles. The predicted molar refractivity (Wildman–Crippen MR) is 89.2 cm³/mol. The average Bonchev–Trinajstić information content (AvgIpc) is 2.86. The van der Waals surface area contributed by atoms with Crippen LogP contribution in [0.2, 0.25) is 0 Å². The van der Waals surface area contributed by atoms with E-state index < -0.39 is 6.10 Å². The fourth-order valence-corrected chi connectivity index (χ4v) is 4.07. The van der Waals surface area contributed by atoms with Crippen LogP contribution >= 0.6 is 15.9 Å². The highest BCUT2D eigenvalue weighted by atomic mass is 79.9. The first kappa shape index (κ1) is 14.8. The minimum absolute atomic E-state index is 0.304. The van der Waals surface area contributed by atoms with Crippen LogP contribution in [-0.2, 0) is 12.8 Å². The molecule has 0 spiro atoms. The number of nitrogens with two attached hydrogens (primary N) is 1. The van der Waals surface area contributed by atoms with Crippen molar-refractivity contribution < 1.29 is 5.11 Å². The molecule has 0 amide bonds. The van der Waals surface area contributed by atoms with E-state index in [4.69, 9.17) is 5.73 Å². The molecule has 3 N–H and O–H groups in total. The zero-order valence-corrected chi connectivity index (χ0v) is 13.7. The van der Waals surface area contributed by atoms with E-state index in [1.807, 2.05) is 25.1 Å². The lowest BCUT2D eigenvalue weighted by Crippen LogP contribution is -2.37. The van der Waals surface area contributed by atoms with Gasteiger partial charge in [0, 0.05) is 16.4 Å². The van der Waals surface area contributed by atoms with Crippen molar-refractivity contribution in [2.45, 2.75) is 25.9 Å². The van der Waals surface area contributed by atoms with Crippen LogP contribution in [0.5, 0.6) is 0 Å². The summed E-state index contributed by atoms with van der Waals surface area (Å²) in [6.45, 7) is 2.52. The van der Waals surface area contributed by atoms with Crippen LogP contribution < -0.4 is 5.73 Å². The van der Waals surface area contributed by atoms with Gasteiger partial charge in [-0.1, -0.05) is 52.3 Å². The van der Waals surface area contributed by atoms with E-state index in [0.29, 0.717) is 6.54 Å². The molecular formula is C18H20BrNO. The van der Waals surface area contributed by atoms with E-state index >= 15 is 0 Å². The average molecular weight is 346 g/mol. The summed E-state index contributed by atoms with van der Waals surface area (Å²) < 4.78 is 0.957. The Hall–Kier alpha value is -1.16. The van der Waals surface area contributed by atoms with Gasteiger partial charge in [-0.05, 0) is 48.1 Å². The normalized spacial score (nSPS) is 17.5. The fourth-order valence-electron chi connectivity index (χ4n) is 3.36. The minimum Gasteiger partial charge on any atom is -0.388 e. The van der Waals surface area contributed by atoms with Crippen molar-refractivity contribution in [1.82, 2.24) is 0 Å². The molecule has 0 saturated heterocycles. The second-order valence-corrected chi connectivity index (χ2v) is 6.97. The Kier molecular flexibility index (Phi) is 3.91. The summed E-state index contributed by atoms with van der Waals surface area (Å²) in [5.41, 5.74) is 10.5. The van der Waals surface area contributed by atoms with Crippen LogP contribution in [0.3, 0.4) is 0 Å². The molecule has 2 aromatic carbocycles. The molecule has 0 fully saturated rings. The van der Waals surface area contributed by atoms with E-state index in [9.17, 15) is 5.11 Å². The number of benzene rings is 2. The zero-order chi connectivity index (χ0) is 15.0. The van der Waals surface area contributed by atoms with Crippen LogP contribution in [-0.4, -0.2) is 11.7 Å². The Balaban J connectivity index is 1.98. The maximum atomic E-state index is 11.0. The number of aliphatic hydroxyl groups excluding tert-OH is 1. The Morgan fingerprint density at radius 2 is 1.81 bits per heavy atom. The van der Waals surface area contributed by atoms with Gasteiger partial charge in [-0.3, -0.25) is 0 Å². The number of rotatable bonds is 3. The summed E-state index contributed by atoms with van der Waals surface area (Å²) in [5, 5.41) is 11.0. The molecule has 0 heterocycles. The SMILES string of the molecule is Cc1ccc(C(O)C2(CN)Cc3ccccc3C2)c(Br)c1. The molecule has 1 aliphatic carbocycles. The molecule has 3 rings (SSSR count). The van der Waals surface area contributed by atoms with Crippen LogP contribution in [0.4, 0.5) is 0 Å². The highest BCUT2D eigenvalue weighted by molar-refractivity contribution is 9.10. The third-order valence-corrected chi connectivity index (χ3v) is 5.33. The number of fused-ring (bicyclic) bond motifs is 1. The monoisotopic (exact) mass is 345 g/mol. The highest BCUT2D eigenvalue weighted by Crippen LogP contribution is 2.46. The maximum Gasteiger partial charge on any atom is 0.0875 e. The molecule has 0 aliphatic heterocycles. The smallest absolute Gasteiger partial charge is 0.0875 e. The van der Waals surface area contributed by atoms with Crippen molar-refractivity contribution in [2.75, 3.05) is 6.54 Å². The van der Waals surface area contributed by atoms with Crippen molar-refractivity contribution in [3.63, 3.8) is 0 Å². The molecule has 2 nitrogen and oxygen atoms in total. The third kappa shape index (κ3) is 2.54. The molecule has 3 heteroatoms. The van der Waals surface area contributed by atoms with Gasteiger partial charge in [0.25, 0.3) is 0 Å². The standard InChI is InChI=1S/C18H20BrNO/c1-12-6-7-15(16(19)8-12)17(21)18(11-20)9-13-4-2-3-5-14(13)10-18/h2-8,17,21H,9-11,20H2,1H3. The summed E-state index contributed by atoms with van der Waals surface area (Å²) >= 11 is 3.58. The van der Waals surface area contributed by atoms with E-state index in [1.54, 1.807) is 0 Å². The largest absolute Gasteiger partial charge is 0.388 e. The molecule has 1 atom stereocenters. The first-order valence-corrected chi connectivity index (χ1v) is 8.06. The van der Waals surface area contributed by atoms with Gasteiger partial charge in [-0.2, -0.15) is 0 Å². The summed E-state index contributed by atoms with van der Waals surface area (Å²) in [5.74, 6) is 0. The quantitative estimate of drug-likeness (QED) is 0.893. The molecule has 1 aliphatic rings. The van der Waals surface area contributed by atoms with Crippen LogP contribution in [0.1, 0.15) is 28.4 Å². The fraction of sp³-hybridized carbons (Fsp3) is 0.333. The van der Waals surface area contributed by atoms with Gasteiger partial charge in [-0.15, -0.1) is 0 Å². The topological polar surface area (TPSA) is 46.2 Å². The van der Waals surface area contributed by atoms with Gasteiger partial charge in [-0.25, -0.2) is 0 Å². The summed E-state index contributed by atoms with van der Waals surface area (Å²) in [7, 11) is 0. The molecule has 1 unspecified atom stereocenters. The molecule has 0 radical (unpaired) electrons. The lowest BCUT2D eigenvalue weighted by atomic mass is 9.76. The summed E-state index contributed by atoms with van der Waals surface area (Å²) in [4.78, 5) is 0. The zero-order valence-electron chi connectivity index (χ0n) is 12.1. The molecule has 21 heavy (non-hydrogen) atoms. The third-order valence-electron chi connectivity index (χ3n) is 4.64. The Morgan fingerprint density at radius 1 is 1.19 bits per heavy atom. The maximum absolute atomic E-state index is 11.0. The van der Waals surface area contributed by atoms with Gasteiger partial charge < -0.3 is 10.8 Å². The first-order valence-electron chi connectivity index (χ1n) is 7.27. The van der Waals surface area contributed by atoms with E-state index in [-0.39, 0.29) is 5.41 Å². The van der Waals surface area contributed by atoms with E-state index in [1.165, 1.54) is 16.7 Å². The molecule has 2 aromatic rings. The number of hydrogen-bond donors (Lipinski definition) is 2. The first-order chi connectivity index (χ1) is 10.1. The van der Waals surface area contributed by atoms with Gasteiger partial charge in [0.1, 0.15) is 0 Å². The van der Waals surface area contributed by atoms with Crippen LogP contribution in [0.15, 0.2) is 46.9 Å². The van der Waals surface area contributed by atoms with E-state index in [2.05, 4.69) is 40.2 Å². The Labute approximate surface area is 134 Å². The lowest BCUT2D eigenvalue weighted by Gasteiger charge is -2.34. The van der Waals surface area contributed by atoms with Crippen molar-refractivity contribution in [3.8, 4) is 0 Å². The van der Waals surface area contributed by atoms with Crippen molar-refractivity contribution in [1.29, 1.82) is 0 Å². The predicted octanol–water partition coefficient (Wildman–Crippen LogP) is 3.53. The number of aryl methyl sites for hydroxylation is 1. The van der Waals surface area contributed by atoms with Gasteiger partial charge in [0.15, 0.2) is 0 Å². The van der Waals surface area contributed by atoms with Crippen molar-refractivity contribution in [3.05, 3.63) is 69.2 Å². The Bertz CT molecular complexity index is 643. The lowest BCUT2D eigenvalue weighted by molar-refractivity contribution is 0.0352.